The quantitative estimate of drug-likeness (QED) is 0.755. The molecule has 3 nitrogen and oxygen atoms in total. The molecule has 0 aliphatic carbocycles. The van der Waals surface area contributed by atoms with Gasteiger partial charge in [0.2, 0.25) is 0 Å². The second kappa shape index (κ2) is 4.19. The number of hydrogen-bond acceptors (Lipinski definition) is 2. The molecule has 0 atom stereocenters. The fourth-order valence-corrected chi connectivity index (χ4v) is 1.54. The minimum absolute atomic E-state index is 0.709. The Hall–Kier alpha value is -1.42. The number of rotatable bonds is 3. The number of aryl methyl sites for hydroxylation is 2. The molecule has 1 aromatic carbocycles. The van der Waals surface area contributed by atoms with E-state index in [0.717, 1.165) is 18.5 Å². The molecule has 1 heterocycles. The fraction of sp³-hybridized carbons (Fsp3) is 0.200. The topological polar surface area (TPSA) is 44.5 Å². The third kappa shape index (κ3) is 2.09. The van der Waals surface area contributed by atoms with E-state index in [9.17, 15) is 0 Å². The highest BCUT2D eigenvalue weighted by molar-refractivity contribution is 7.71. The molecule has 0 spiro atoms. The molecule has 2 N–H and O–H groups in total. The van der Waals surface area contributed by atoms with Crippen molar-refractivity contribution in [2.24, 2.45) is 0 Å². The zero-order valence-electron chi connectivity index (χ0n) is 7.66. The molecule has 0 radical (unpaired) electrons. The van der Waals surface area contributed by atoms with Crippen molar-refractivity contribution in [1.82, 2.24) is 15.4 Å². The van der Waals surface area contributed by atoms with Gasteiger partial charge in [0.25, 0.3) is 0 Å². The molecule has 0 bridgehead atoms. The van der Waals surface area contributed by atoms with Crippen LogP contribution in [0.25, 0.3) is 0 Å². The maximum atomic E-state index is 5.05. The predicted octanol–water partition coefficient (Wildman–Crippen LogP) is 2.25. The van der Waals surface area contributed by atoms with Gasteiger partial charge in [-0.2, -0.15) is 5.10 Å². The lowest BCUT2D eigenvalue weighted by Gasteiger charge is -1.97. The molecule has 0 unspecified atom stereocenters. The molecule has 0 aliphatic rings. The summed E-state index contributed by atoms with van der Waals surface area (Å²) in [6, 6.07) is 10.3. The van der Waals surface area contributed by atoms with Crippen molar-refractivity contribution < 1.29 is 0 Å². The number of nitrogens with one attached hydrogen (secondary N) is 2. The van der Waals surface area contributed by atoms with E-state index >= 15 is 0 Å². The van der Waals surface area contributed by atoms with E-state index in [2.05, 4.69) is 27.5 Å². The van der Waals surface area contributed by atoms with E-state index < -0.39 is 0 Å². The van der Waals surface area contributed by atoms with Crippen molar-refractivity contribution in [2.45, 2.75) is 12.8 Å². The van der Waals surface area contributed by atoms with Crippen LogP contribution in [0.2, 0.25) is 0 Å². The van der Waals surface area contributed by atoms with Gasteiger partial charge in [-0.15, -0.1) is 0 Å². The number of hydrogen-bond donors (Lipinski definition) is 2. The summed E-state index contributed by atoms with van der Waals surface area (Å²) in [6.07, 6.45) is 1.85. The van der Waals surface area contributed by atoms with Crippen LogP contribution in [-0.2, 0) is 12.8 Å². The van der Waals surface area contributed by atoms with Crippen molar-refractivity contribution in [1.29, 1.82) is 0 Å². The Labute approximate surface area is 87.2 Å². The van der Waals surface area contributed by atoms with Crippen LogP contribution in [0.4, 0.5) is 0 Å². The van der Waals surface area contributed by atoms with Crippen LogP contribution >= 0.6 is 12.2 Å². The molecule has 14 heavy (non-hydrogen) atoms. The van der Waals surface area contributed by atoms with Crippen LogP contribution in [0.15, 0.2) is 30.3 Å². The fourth-order valence-electron chi connectivity index (χ4n) is 1.35. The summed E-state index contributed by atoms with van der Waals surface area (Å²) in [4.78, 5) is 0. The first kappa shape index (κ1) is 9.15. The van der Waals surface area contributed by atoms with Crippen LogP contribution < -0.4 is 0 Å². The van der Waals surface area contributed by atoms with Crippen LogP contribution in [0.3, 0.4) is 0 Å². The van der Waals surface area contributed by atoms with Crippen molar-refractivity contribution in [3.63, 3.8) is 0 Å². The first-order valence-electron chi connectivity index (χ1n) is 4.52. The monoisotopic (exact) mass is 205 g/mol. The molecule has 0 aliphatic heterocycles. The maximum Gasteiger partial charge on any atom is 0.142 e. The Morgan fingerprint density at radius 1 is 1.14 bits per heavy atom. The van der Waals surface area contributed by atoms with E-state index in [0.29, 0.717) is 4.64 Å². The zero-order valence-corrected chi connectivity index (χ0v) is 8.47. The maximum absolute atomic E-state index is 5.05. The zero-order chi connectivity index (χ0) is 9.80. The van der Waals surface area contributed by atoms with Crippen LogP contribution in [-0.4, -0.2) is 15.4 Å². The summed E-state index contributed by atoms with van der Waals surface area (Å²) in [7, 11) is 0. The van der Waals surface area contributed by atoms with Gasteiger partial charge in [0.1, 0.15) is 4.64 Å². The first-order valence-corrected chi connectivity index (χ1v) is 4.93. The normalized spacial score (nSPS) is 10.3. The highest BCUT2D eigenvalue weighted by Crippen LogP contribution is 2.04. The summed E-state index contributed by atoms with van der Waals surface area (Å²) < 4.78 is 0.709. The van der Waals surface area contributed by atoms with Gasteiger partial charge in [-0.3, -0.25) is 5.10 Å². The number of nitrogens with zero attached hydrogens (tertiary/aromatic N) is 1. The van der Waals surface area contributed by atoms with Crippen molar-refractivity contribution in [3.05, 3.63) is 46.2 Å². The Morgan fingerprint density at radius 3 is 2.57 bits per heavy atom. The average molecular weight is 205 g/mol. The second-order valence-electron chi connectivity index (χ2n) is 3.11. The largest absolute Gasteiger partial charge is 0.273 e. The predicted molar refractivity (Wildman–Crippen MR) is 57.6 cm³/mol. The van der Waals surface area contributed by atoms with Gasteiger partial charge in [-0.05, 0) is 18.4 Å². The van der Waals surface area contributed by atoms with Gasteiger partial charge >= 0.3 is 0 Å². The lowest BCUT2D eigenvalue weighted by Crippen LogP contribution is -1.91. The molecular weight excluding hydrogens is 194 g/mol. The van der Waals surface area contributed by atoms with Crippen molar-refractivity contribution in [2.75, 3.05) is 0 Å². The molecule has 0 saturated heterocycles. The molecule has 4 heteroatoms. The molecule has 0 amide bonds. The van der Waals surface area contributed by atoms with Gasteiger partial charge in [0.05, 0.1) is 5.69 Å². The smallest absolute Gasteiger partial charge is 0.142 e. The molecule has 72 valence electrons. The standard InChI is InChI=1S/C10H11N3S/c14-10-9(11-13-12-10)7-6-8-4-2-1-3-5-8/h1-5H,6-7H2,(H2,11,12,13,14). The summed E-state index contributed by atoms with van der Waals surface area (Å²) in [5.74, 6) is 0. The van der Waals surface area contributed by atoms with Gasteiger partial charge < -0.3 is 0 Å². The van der Waals surface area contributed by atoms with Crippen LogP contribution in [0.5, 0.6) is 0 Å². The molecule has 0 saturated carbocycles. The SMILES string of the molecule is S=c1[nH][nH]nc1CCc1ccccc1. The van der Waals surface area contributed by atoms with Crippen LogP contribution in [0, 0.1) is 4.64 Å². The van der Waals surface area contributed by atoms with Gasteiger partial charge in [0, 0.05) is 0 Å². The van der Waals surface area contributed by atoms with E-state index in [1.807, 2.05) is 18.2 Å². The lowest BCUT2D eigenvalue weighted by atomic mass is 10.1. The van der Waals surface area contributed by atoms with Crippen molar-refractivity contribution in [3.8, 4) is 0 Å². The summed E-state index contributed by atoms with van der Waals surface area (Å²) >= 11 is 5.05. The number of benzene rings is 1. The highest BCUT2D eigenvalue weighted by atomic mass is 32.1. The highest BCUT2D eigenvalue weighted by Gasteiger charge is 1.99. The van der Waals surface area contributed by atoms with E-state index in [1.54, 1.807) is 0 Å². The molecule has 1 aromatic heterocycles. The molecule has 0 fully saturated rings. The number of aromatic amines is 2. The van der Waals surface area contributed by atoms with E-state index in [4.69, 9.17) is 12.2 Å². The Morgan fingerprint density at radius 2 is 1.93 bits per heavy atom. The van der Waals surface area contributed by atoms with Gasteiger partial charge in [-0.25, -0.2) is 5.21 Å². The second-order valence-corrected chi connectivity index (χ2v) is 3.52. The Kier molecular flexibility index (Phi) is 2.74. The third-order valence-corrected chi connectivity index (χ3v) is 2.45. The van der Waals surface area contributed by atoms with Gasteiger partial charge in [-0.1, -0.05) is 42.5 Å². The van der Waals surface area contributed by atoms with Crippen LogP contribution in [0.1, 0.15) is 11.3 Å². The number of aromatic nitrogens is 3. The average Bonchev–Trinajstić information content (AvgIpc) is 2.63. The minimum atomic E-state index is 0.709. The molecule has 2 aromatic rings. The third-order valence-electron chi connectivity index (χ3n) is 2.12. The minimum Gasteiger partial charge on any atom is -0.273 e. The van der Waals surface area contributed by atoms with Crippen molar-refractivity contribution >= 4 is 12.2 Å². The van der Waals surface area contributed by atoms with E-state index in [-0.39, 0.29) is 0 Å². The van der Waals surface area contributed by atoms with E-state index in [1.165, 1.54) is 5.56 Å². The Balaban J connectivity index is 2.02. The molecule has 2 rings (SSSR count). The first-order chi connectivity index (χ1) is 6.86. The molecular formula is C10H11N3S. The Bertz CT molecular complexity index is 444. The number of H-pyrrole nitrogens is 2. The van der Waals surface area contributed by atoms with Gasteiger partial charge in [0.15, 0.2) is 0 Å². The summed E-state index contributed by atoms with van der Waals surface area (Å²) in [5, 5.41) is 9.48. The summed E-state index contributed by atoms with van der Waals surface area (Å²) in [5.41, 5.74) is 2.24. The summed E-state index contributed by atoms with van der Waals surface area (Å²) in [6.45, 7) is 0. The lowest BCUT2D eigenvalue weighted by molar-refractivity contribution is 0.871.